The van der Waals surface area contributed by atoms with Crippen LogP contribution in [-0.4, -0.2) is 47.6 Å². The van der Waals surface area contributed by atoms with Gasteiger partial charge in [-0.15, -0.1) is 11.3 Å². The van der Waals surface area contributed by atoms with Crippen LogP contribution in [-0.2, 0) is 0 Å². The molecule has 1 fully saturated rings. The molecule has 0 radical (unpaired) electrons. The van der Waals surface area contributed by atoms with Gasteiger partial charge in [0.05, 0.1) is 4.99 Å². The summed E-state index contributed by atoms with van der Waals surface area (Å²) in [5, 5.41) is 3.18. The summed E-state index contributed by atoms with van der Waals surface area (Å²) in [5.74, 6) is 0. The van der Waals surface area contributed by atoms with E-state index in [1.165, 1.54) is 0 Å². The van der Waals surface area contributed by atoms with Gasteiger partial charge in [-0.1, -0.05) is 26.1 Å². The molecule has 1 aromatic heterocycles. The van der Waals surface area contributed by atoms with E-state index in [1.54, 1.807) is 11.3 Å². The van der Waals surface area contributed by atoms with Gasteiger partial charge in [-0.2, -0.15) is 0 Å². The fraction of sp³-hybridized carbons (Fsp3) is 0.692. The topological polar surface area (TPSA) is 45.4 Å². The normalized spacial score (nSPS) is 17.7. The van der Waals surface area contributed by atoms with Crippen LogP contribution in [0.3, 0.4) is 0 Å². The monoisotopic (exact) mass is 298 g/mol. The predicted octanol–water partition coefficient (Wildman–Crippen LogP) is 1.97. The van der Waals surface area contributed by atoms with E-state index in [4.69, 9.17) is 18.0 Å². The van der Waals surface area contributed by atoms with E-state index in [2.05, 4.69) is 28.6 Å². The van der Waals surface area contributed by atoms with Crippen molar-refractivity contribution in [2.75, 3.05) is 37.6 Å². The SMILES string of the molecule is CC(C)(CCN1CCN(c2nccs2)CC1)C(N)=S. The number of aromatic nitrogens is 1. The fourth-order valence-corrected chi connectivity index (χ4v) is 2.89. The van der Waals surface area contributed by atoms with Crippen molar-refractivity contribution in [2.45, 2.75) is 20.3 Å². The molecule has 0 aromatic carbocycles. The fourth-order valence-electron chi connectivity index (χ4n) is 2.10. The van der Waals surface area contributed by atoms with Crippen LogP contribution in [0.2, 0.25) is 0 Å². The minimum absolute atomic E-state index is 0.0399. The Kier molecular flexibility index (Phi) is 4.76. The molecule has 1 aliphatic heterocycles. The lowest BCUT2D eigenvalue weighted by molar-refractivity contribution is 0.233. The minimum Gasteiger partial charge on any atom is -0.393 e. The van der Waals surface area contributed by atoms with Crippen molar-refractivity contribution in [3.63, 3.8) is 0 Å². The highest BCUT2D eigenvalue weighted by atomic mass is 32.1. The first kappa shape index (κ1) is 14.7. The van der Waals surface area contributed by atoms with Gasteiger partial charge >= 0.3 is 0 Å². The molecule has 19 heavy (non-hydrogen) atoms. The van der Waals surface area contributed by atoms with Crippen molar-refractivity contribution in [1.82, 2.24) is 9.88 Å². The van der Waals surface area contributed by atoms with Gasteiger partial charge in [0.2, 0.25) is 0 Å². The molecule has 1 saturated heterocycles. The van der Waals surface area contributed by atoms with Gasteiger partial charge in [-0.25, -0.2) is 4.98 Å². The second-order valence-corrected chi connectivity index (χ2v) is 6.95. The first-order valence-electron chi connectivity index (χ1n) is 6.66. The Balaban J connectivity index is 1.76. The van der Waals surface area contributed by atoms with Crippen LogP contribution in [0.15, 0.2) is 11.6 Å². The first-order chi connectivity index (χ1) is 8.99. The summed E-state index contributed by atoms with van der Waals surface area (Å²) in [6.07, 6.45) is 2.90. The Bertz CT molecular complexity index is 408. The Morgan fingerprint density at radius 3 is 2.63 bits per heavy atom. The Labute approximate surface area is 124 Å². The van der Waals surface area contributed by atoms with Gasteiger partial charge in [0.15, 0.2) is 5.13 Å². The smallest absolute Gasteiger partial charge is 0.185 e. The molecule has 0 saturated carbocycles. The number of anilines is 1. The number of hydrogen-bond acceptors (Lipinski definition) is 5. The molecule has 0 aliphatic carbocycles. The quantitative estimate of drug-likeness (QED) is 0.842. The van der Waals surface area contributed by atoms with Gasteiger partial charge in [0.1, 0.15) is 0 Å². The van der Waals surface area contributed by atoms with Crippen LogP contribution in [0.25, 0.3) is 0 Å². The molecule has 0 amide bonds. The summed E-state index contributed by atoms with van der Waals surface area (Å²) in [7, 11) is 0. The molecule has 0 spiro atoms. The number of rotatable bonds is 5. The number of piperazine rings is 1. The van der Waals surface area contributed by atoms with Crippen molar-refractivity contribution < 1.29 is 0 Å². The zero-order valence-electron chi connectivity index (χ0n) is 11.6. The largest absolute Gasteiger partial charge is 0.393 e. The van der Waals surface area contributed by atoms with E-state index in [9.17, 15) is 0 Å². The molecule has 106 valence electrons. The van der Waals surface area contributed by atoms with E-state index in [-0.39, 0.29) is 5.41 Å². The van der Waals surface area contributed by atoms with Crippen LogP contribution >= 0.6 is 23.6 Å². The summed E-state index contributed by atoms with van der Waals surface area (Å²) in [4.78, 5) is 9.84. The van der Waals surface area contributed by atoms with E-state index in [0.29, 0.717) is 4.99 Å². The van der Waals surface area contributed by atoms with Gasteiger partial charge in [0, 0.05) is 43.2 Å². The molecule has 2 heterocycles. The van der Waals surface area contributed by atoms with Crippen molar-refractivity contribution in [3.05, 3.63) is 11.6 Å². The second-order valence-electron chi connectivity index (χ2n) is 5.64. The molecule has 1 aromatic rings. The molecule has 1 aliphatic rings. The third-order valence-electron chi connectivity index (χ3n) is 3.78. The van der Waals surface area contributed by atoms with Gasteiger partial charge in [0.25, 0.3) is 0 Å². The average molecular weight is 298 g/mol. The standard InChI is InChI=1S/C13H22N4S2/c1-13(2,11(14)18)3-5-16-6-8-17(9-7-16)12-15-4-10-19-12/h4,10H,3,5-9H2,1-2H3,(H2,14,18). The summed E-state index contributed by atoms with van der Waals surface area (Å²) >= 11 is 6.83. The molecular formula is C13H22N4S2. The molecule has 4 nitrogen and oxygen atoms in total. The lowest BCUT2D eigenvalue weighted by atomic mass is 9.89. The van der Waals surface area contributed by atoms with Crippen molar-refractivity contribution in [3.8, 4) is 0 Å². The number of hydrogen-bond donors (Lipinski definition) is 1. The van der Waals surface area contributed by atoms with Crippen LogP contribution < -0.4 is 10.6 Å². The zero-order chi connectivity index (χ0) is 13.9. The molecule has 2 rings (SSSR count). The third-order valence-corrected chi connectivity index (χ3v) is 5.17. The highest BCUT2D eigenvalue weighted by molar-refractivity contribution is 7.80. The molecular weight excluding hydrogens is 276 g/mol. The summed E-state index contributed by atoms with van der Waals surface area (Å²) in [6.45, 7) is 9.61. The van der Waals surface area contributed by atoms with Crippen LogP contribution in [0, 0.1) is 5.41 Å². The molecule has 6 heteroatoms. The Morgan fingerprint density at radius 1 is 1.42 bits per heavy atom. The summed E-state index contributed by atoms with van der Waals surface area (Å²) in [6, 6.07) is 0. The Hall–Kier alpha value is -0.720. The van der Waals surface area contributed by atoms with Gasteiger partial charge < -0.3 is 10.6 Å². The van der Waals surface area contributed by atoms with Crippen LogP contribution in [0.5, 0.6) is 0 Å². The third kappa shape index (κ3) is 3.87. The van der Waals surface area contributed by atoms with E-state index in [1.807, 2.05) is 11.6 Å². The maximum absolute atomic E-state index is 5.77. The van der Waals surface area contributed by atoms with Crippen molar-refractivity contribution in [2.24, 2.45) is 11.1 Å². The van der Waals surface area contributed by atoms with E-state index < -0.39 is 0 Å². The average Bonchev–Trinajstić information content (AvgIpc) is 2.91. The number of thiazole rings is 1. The molecule has 0 unspecified atom stereocenters. The van der Waals surface area contributed by atoms with E-state index in [0.717, 1.165) is 44.3 Å². The number of thiocarbonyl (C=S) groups is 1. The first-order valence-corrected chi connectivity index (χ1v) is 7.94. The van der Waals surface area contributed by atoms with Gasteiger partial charge in [-0.05, 0) is 13.0 Å². The Morgan fingerprint density at radius 2 is 2.11 bits per heavy atom. The summed E-state index contributed by atoms with van der Waals surface area (Å²) in [5.41, 5.74) is 5.73. The predicted molar refractivity (Wildman–Crippen MR) is 86.0 cm³/mol. The lowest BCUT2D eigenvalue weighted by Gasteiger charge is -2.36. The highest BCUT2D eigenvalue weighted by Crippen LogP contribution is 2.23. The molecule has 0 atom stereocenters. The highest BCUT2D eigenvalue weighted by Gasteiger charge is 2.24. The summed E-state index contributed by atoms with van der Waals surface area (Å²) < 4.78 is 0. The molecule has 2 N–H and O–H groups in total. The number of nitrogens with zero attached hydrogens (tertiary/aromatic N) is 3. The lowest BCUT2D eigenvalue weighted by Crippen LogP contribution is -2.47. The van der Waals surface area contributed by atoms with Crippen molar-refractivity contribution in [1.29, 1.82) is 0 Å². The number of nitrogens with two attached hydrogens (primary N) is 1. The molecule has 0 bridgehead atoms. The van der Waals surface area contributed by atoms with Crippen LogP contribution in [0.1, 0.15) is 20.3 Å². The minimum atomic E-state index is -0.0399. The second kappa shape index (κ2) is 6.15. The maximum Gasteiger partial charge on any atom is 0.185 e. The van der Waals surface area contributed by atoms with Crippen LogP contribution in [0.4, 0.5) is 5.13 Å². The maximum atomic E-state index is 5.77. The van der Waals surface area contributed by atoms with E-state index >= 15 is 0 Å². The zero-order valence-corrected chi connectivity index (χ0v) is 13.3. The van der Waals surface area contributed by atoms with Crippen molar-refractivity contribution >= 4 is 33.7 Å². The van der Waals surface area contributed by atoms with Gasteiger partial charge in [-0.3, -0.25) is 4.90 Å².